The zero-order valence-electron chi connectivity index (χ0n) is 17.0. The zero-order valence-corrected chi connectivity index (χ0v) is 19.4. The van der Waals surface area contributed by atoms with Crippen LogP contribution in [0.25, 0.3) is 6.08 Å². The number of nitrogens with one attached hydrogen (secondary N) is 1. The number of unbranched alkanes of at least 4 members (excludes halogenated alkanes) is 2. The number of hydrogen-bond donors (Lipinski definition) is 2. The van der Waals surface area contributed by atoms with Gasteiger partial charge >= 0.3 is 5.97 Å². The minimum absolute atomic E-state index is 0.0995. The molecule has 0 atom stereocenters. The smallest absolute Gasteiger partial charge is 0.335 e. The second-order valence-electron chi connectivity index (χ2n) is 7.13. The molecule has 2 aromatic rings. The molecule has 0 unspecified atom stereocenters. The van der Waals surface area contributed by atoms with Gasteiger partial charge in [0.1, 0.15) is 4.32 Å². The highest BCUT2D eigenvalue weighted by molar-refractivity contribution is 8.26. The molecule has 32 heavy (non-hydrogen) atoms. The lowest BCUT2D eigenvalue weighted by Crippen LogP contribution is -2.29. The van der Waals surface area contributed by atoms with Crippen LogP contribution in [0.2, 0.25) is 5.02 Å². The lowest BCUT2D eigenvalue weighted by molar-refractivity contribution is -0.122. The van der Waals surface area contributed by atoms with Crippen LogP contribution in [0.1, 0.15) is 41.6 Å². The van der Waals surface area contributed by atoms with Gasteiger partial charge in [0, 0.05) is 23.7 Å². The van der Waals surface area contributed by atoms with Crippen molar-refractivity contribution in [3.63, 3.8) is 0 Å². The highest BCUT2D eigenvalue weighted by atomic mass is 35.5. The van der Waals surface area contributed by atoms with Crippen molar-refractivity contribution in [1.82, 2.24) is 4.90 Å². The molecule has 1 fully saturated rings. The topological polar surface area (TPSA) is 86.7 Å². The maximum absolute atomic E-state index is 12.7. The zero-order chi connectivity index (χ0) is 23.1. The van der Waals surface area contributed by atoms with Crippen molar-refractivity contribution in [2.75, 3.05) is 11.9 Å². The SMILES string of the molecule is O=C(CCCCCN1C(=O)C(=Cc2ccc(Cl)cc2)SC1=S)Nc1ccc(C(=O)O)cc1. The Labute approximate surface area is 200 Å². The van der Waals surface area contributed by atoms with Crippen LogP contribution in [0.4, 0.5) is 5.69 Å². The molecule has 0 bridgehead atoms. The summed E-state index contributed by atoms with van der Waals surface area (Å²) in [6, 6.07) is 13.3. The first-order valence-corrected chi connectivity index (χ1v) is 11.6. The summed E-state index contributed by atoms with van der Waals surface area (Å²) >= 11 is 12.5. The van der Waals surface area contributed by atoms with Crippen molar-refractivity contribution in [3.8, 4) is 0 Å². The third kappa shape index (κ3) is 6.66. The van der Waals surface area contributed by atoms with E-state index in [9.17, 15) is 14.4 Å². The van der Waals surface area contributed by atoms with Crippen molar-refractivity contribution >= 4 is 69.4 Å². The van der Waals surface area contributed by atoms with E-state index < -0.39 is 5.97 Å². The lowest BCUT2D eigenvalue weighted by atomic mass is 10.1. The number of nitrogens with zero attached hydrogens (tertiary/aromatic N) is 1. The van der Waals surface area contributed by atoms with Gasteiger partial charge in [0.25, 0.3) is 5.91 Å². The fourth-order valence-corrected chi connectivity index (χ4v) is 4.49. The van der Waals surface area contributed by atoms with Crippen LogP contribution < -0.4 is 5.32 Å². The second-order valence-corrected chi connectivity index (χ2v) is 9.24. The Morgan fingerprint density at radius 1 is 1.06 bits per heavy atom. The lowest BCUT2D eigenvalue weighted by Gasteiger charge is -2.14. The molecule has 2 amide bonds. The molecule has 166 valence electrons. The summed E-state index contributed by atoms with van der Waals surface area (Å²) in [4.78, 5) is 37.8. The van der Waals surface area contributed by atoms with Gasteiger partial charge in [-0.15, -0.1) is 0 Å². The maximum Gasteiger partial charge on any atom is 0.335 e. The van der Waals surface area contributed by atoms with Gasteiger partial charge in [0.05, 0.1) is 10.5 Å². The Balaban J connectivity index is 1.40. The Bertz CT molecular complexity index is 1050. The summed E-state index contributed by atoms with van der Waals surface area (Å²) < 4.78 is 0.540. The average Bonchev–Trinajstić information content (AvgIpc) is 3.02. The van der Waals surface area contributed by atoms with Gasteiger partial charge < -0.3 is 10.4 Å². The minimum atomic E-state index is -1.01. The molecule has 6 nitrogen and oxygen atoms in total. The van der Waals surface area contributed by atoms with E-state index >= 15 is 0 Å². The Morgan fingerprint density at radius 2 is 1.75 bits per heavy atom. The molecule has 1 saturated heterocycles. The third-order valence-electron chi connectivity index (χ3n) is 4.74. The number of halogens is 1. The standard InChI is InChI=1S/C23H21ClN2O4S2/c24-17-9-5-15(6-10-17)14-19-21(28)26(23(31)32-19)13-3-1-2-4-20(27)25-18-11-7-16(8-12-18)22(29)30/h5-12,14H,1-4,13H2,(H,25,27)(H,29,30). The molecule has 3 rings (SSSR count). The summed E-state index contributed by atoms with van der Waals surface area (Å²) in [5.41, 5.74) is 1.62. The molecule has 0 radical (unpaired) electrons. The summed E-state index contributed by atoms with van der Waals surface area (Å²) in [7, 11) is 0. The van der Waals surface area contributed by atoms with Crippen LogP contribution in [0.5, 0.6) is 0 Å². The van der Waals surface area contributed by atoms with Crippen molar-refractivity contribution in [3.05, 3.63) is 69.6 Å². The maximum atomic E-state index is 12.7. The number of carbonyl (C=O) groups is 3. The van der Waals surface area contributed by atoms with Gasteiger partial charge in [-0.05, 0) is 60.9 Å². The summed E-state index contributed by atoms with van der Waals surface area (Å²) in [6.07, 6.45) is 4.34. The summed E-state index contributed by atoms with van der Waals surface area (Å²) in [5.74, 6) is -1.24. The molecule has 0 spiro atoms. The monoisotopic (exact) mass is 488 g/mol. The van der Waals surface area contributed by atoms with Crippen LogP contribution >= 0.6 is 35.6 Å². The van der Waals surface area contributed by atoms with Crippen LogP contribution in [0, 0.1) is 0 Å². The number of amides is 2. The number of carboxylic acids is 1. The number of anilines is 1. The quantitative estimate of drug-likeness (QED) is 0.278. The predicted octanol–water partition coefficient (Wildman–Crippen LogP) is 5.44. The van der Waals surface area contributed by atoms with Crippen molar-refractivity contribution in [1.29, 1.82) is 0 Å². The summed E-state index contributed by atoms with van der Waals surface area (Å²) in [5, 5.41) is 12.3. The van der Waals surface area contributed by atoms with Crippen molar-refractivity contribution in [2.24, 2.45) is 0 Å². The van der Waals surface area contributed by atoms with Crippen LogP contribution in [0.3, 0.4) is 0 Å². The normalized spacial score (nSPS) is 14.8. The fourth-order valence-electron chi connectivity index (χ4n) is 3.06. The number of thioether (sulfide) groups is 1. The molecule has 0 aromatic heterocycles. The van der Waals surface area contributed by atoms with Gasteiger partial charge in [-0.25, -0.2) is 4.79 Å². The van der Waals surface area contributed by atoms with Crippen LogP contribution in [-0.2, 0) is 9.59 Å². The highest BCUT2D eigenvalue weighted by Crippen LogP contribution is 2.33. The predicted molar refractivity (Wildman–Crippen MR) is 132 cm³/mol. The van der Waals surface area contributed by atoms with Crippen molar-refractivity contribution < 1.29 is 19.5 Å². The molecular formula is C23H21ClN2O4S2. The number of hydrogen-bond acceptors (Lipinski definition) is 5. The van der Waals surface area contributed by atoms with E-state index in [4.69, 9.17) is 28.9 Å². The molecule has 9 heteroatoms. The summed E-state index contributed by atoms with van der Waals surface area (Å²) in [6.45, 7) is 0.515. The van der Waals surface area contributed by atoms with Crippen LogP contribution in [0.15, 0.2) is 53.4 Å². The van der Waals surface area contributed by atoms with E-state index in [1.807, 2.05) is 18.2 Å². The first-order chi connectivity index (χ1) is 15.3. The molecule has 0 aliphatic carbocycles. The molecule has 1 aliphatic rings. The molecule has 2 aromatic carbocycles. The molecule has 2 N–H and O–H groups in total. The van der Waals surface area contributed by atoms with E-state index in [0.717, 1.165) is 18.4 Å². The minimum Gasteiger partial charge on any atom is -0.478 e. The van der Waals surface area contributed by atoms with E-state index in [2.05, 4.69) is 5.32 Å². The second kappa shape index (κ2) is 11.3. The highest BCUT2D eigenvalue weighted by Gasteiger charge is 2.31. The average molecular weight is 489 g/mol. The van der Waals surface area contributed by atoms with Gasteiger partial charge in [-0.3, -0.25) is 14.5 Å². The van der Waals surface area contributed by atoms with Gasteiger partial charge in [-0.2, -0.15) is 0 Å². The van der Waals surface area contributed by atoms with Gasteiger partial charge in [0.2, 0.25) is 5.91 Å². The van der Waals surface area contributed by atoms with Gasteiger partial charge in [0.15, 0.2) is 0 Å². The molecule has 0 saturated carbocycles. The number of carboxylic acid groups (broad SMARTS) is 1. The van der Waals surface area contributed by atoms with E-state index in [0.29, 0.717) is 39.3 Å². The Hall–Kier alpha value is -2.68. The number of carbonyl (C=O) groups excluding carboxylic acids is 2. The number of rotatable bonds is 9. The van der Waals surface area contributed by atoms with Crippen LogP contribution in [-0.4, -0.2) is 38.7 Å². The molecule has 1 aliphatic heterocycles. The van der Waals surface area contributed by atoms with E-state index in [1.54, 1.807) is 29.2 Å². The Morgan fingerprint density at radius 3 is 2.41 bits per heavy atom. The van der Waals surface area contributed by atoms with Gasteiger partial charge in [-0.1, -0.05) is 54.1 Å². The first kappa shape index (κ1) is 24.0. The fraction of sp³-hybridized carbons (Fsp3) is 0.217. The van der Waals surface area contributed by atoms with E-state index in [1.165, 1.54) is 23.9 Å². The molecular weight excluding hydrogens is 468 g/mol. The van der Waals surface area contributed by atoms with E-state index in [-0.39, 0.29) is 17.4 Å². The molecule has 1 heterocycles. The Kier molecular flexibility index (Phi) is 8.44. The number of aromatic carboxylic acids is 1. The van der Waals surface area contributed by atoms with Crippen molar-refractivity contribution in [2.45, 2.75) is 25.7 Å². The third-order valence-corrected chi connectivity index (χ3v) is 6.37. The largest absolute Gasteiger partial charge is 0.478 e. The number of thiocarbonyl (C=S) groups is 1. The first-order valence-electron chi connectivity index (χ1n) is 9.97. The number of benzene rings is 2.